The van der Waals surface area contributed by atoms with Crippen molar-refractivity contribution in [3.05, 3.63) is 29.3 Å². The van der Waals surface area contributed by atoms with Crippen molar-refractivity contribution in [3.8, 4) is 11.5 Å². The molecule has 1 fully saturated rings. The molecular weight excluding hydrogens is 332 g/mol. The van der Waals surface area contributed by atoms with Gasteiger partial charge >= 0.3 is 0 Å². The Kier molecular flexibility index (Phi) is 5.81. The van der Waals surface area contributed by atoms with E-state index in [0.717, 1.165) is 55.0 Å². The van der Waals surface area contributed by atoms with Crippen LogP contribution in [0.5, 0.6) is 11.5 Å². The van der Waals surface area contributed by atoms with E-state index in [-0.39, 0.29) is 24.5 Å². The van der Waals surface area contributed by atoms with Gasteiger partial charge in [0.05, 0.1) is 13.2 Å². The average molecular weight is 358 g/mol. The molecule has 0 aromatic heterocycles. The number of carbonyl (C=O) groups excluding carboxylic acids is 2. The van der Waals surface area contributed by atoms with Gasteiger partial charge in [-0.15, -0.1) is 0 Å². The molecule has 1 atom stereocenters. The van der Waals surface area contributed by atoms with Crippen molar-refractivity contribution in [2.75, 3.05) is 26.2 Å². The second-order valence-electron chi connectivity index (χ2n) is 6.70. The van der Waals surface area contributed by atoms with Crippen molar-refractivity contribution < 1.29 is 19.1 Å². The molecule has 2 amide bonds. The molecule has 2 heterocycles. The molecule has 0 bridgehead atoms. The summed E-state index contributed by atoms with van der Waals surface area (Å²) >= 11 is 0. The minimum absolute atomic E-state index is 0.0285. The molecule has 0 spiro atoms. The molecule has 2 aliphatic heterocycles. The van der Waals surface area contributed by atoms with Gasteiger partial charge in [-0.2, -0.15) is 0 Å². The highest BCUT2D eigenvalue weighted by molar-refractivity contribution is 5.94. The molecule has 1 N–H and O–H groups in total. The smallest absolute Gasteiger partial charge is 0.244 e. The van der Waals surface area contributed by atoms with Crippen LogP contribution in [0.2, 0.25) is 0 Å². The van der Waals surface area contributed by atoms with Gasteiger partial charge in [-0.1, -0.05) is 0 Å². The Bertz CT molecular complexity index is 708. The fourth-order valence-electron chi connectivity index (χ4n) is 3.33. The zero-order valence-corrected chi connectivity index (χ0v) is 15.4. The number of nitrogens with zero attached hydrogens (tertiary/aromatic N) is 1. The first kappa shape index (κ1) is 18.3. The normalized spacial score (nSPS) is 18.7. The standard InChI is InChI=1S/C20H26N2O4/c1-3-25-17-12-16-10-14(2)26-18(16)11-15(17)6-7-19(23)21-13-20(24)22-8-4-5-9-22/h6-7,11-12,14H,3-5,8-10,13H2,1-2H3,(H,21,23)/b7-6+. The van der Waals surface area contributed by atoms with Crippen LogP contribution >= 0.6 is 0 Å². The third kappa shape index (κ3) is 4.36. The number of hydrogen-bond acceptors (Lipinski definition) is 4. The summed E-state index contributed by atoms with van der Waals surface area (Å²) in [6.07, 6.45) is 6.22. The van der Waals surface area contributed by atoms with Gasteiger partial charge in [0.25, 0.3) is 0 Å². The van der Waals surface area contributed by atoms with E-state index in [1.807, 2.05) is 26.0 Å². The number of rotatable bonds is 6. The van der Waals surface area contributed by atoms with Crippen LogP contribution in [0.15, 0.2) is 18.2 Å². The first-order valence-corrected chi connectivity index (χ1v) is 9.27. The summed E-state index contributed by atoms with van der Waals surface area (Å²) in [5, 5.41) is 2.65. The van der Waals surface area contributed by atoms with Gasteiger partial charge in [-0.25, -0.2) is 0 Å². The SMILES string of the molecule is CCOc1cc2c(cc1/C=C/C(=O)NCC(=O)N1CCCC1)OC(C)C2. The van der Waals surface area contributed by atoms with Crippen LogP contribution in [0.1, 0.15) is 37.8 Å². The van der Waals surface area contributed by atoms with Gasteiger partial charge < -0.3 is 19.7 Å². The van der Waals surface area contributed by atoms with Crippen LogP contribution in [-0.2, 0) is 16.0 Å². The maximum absolute atomic E-state index is 12.0. The quantitative estimate of drug-likeness (QED) is 0.792. The fraction of sp³-hybridized carbons (Fsp3) is 0.500. The predicted molar refractivity (Wildman–Crippen MR) is 99.3 cm³/mol. The van der Waals surface area contributed by atoms with E-state index < -0.39 is 0 Å². The lowest BCUT2D eigenvalue weighted by Gasteiger charge is -2.14. The molecule has 2 aliphatic rings. The second kappa shape index (κ2) is 8.25. The molecule has 0 aliphatic carbocycles. The van der Waals surface area contributed by atoms with Crippen LogP contribution in [0, 0.1) is 0 Å². The van der Waals surface area contributed by atoms with Gasteiger partial charge in [0, 0.05) is 36.7 Å². The zero-order valence-electron chi connectivity index (χ0n) is 15.4. The predicted octanol–water partition coefficient (Wildman–Crippen LogP) is 2.16. The highest BCUT2D eigenvalue weighted by Gasteiger charge is 2.21. The van der Waals surface area contributed by atoms with E-state index in [9.17, 15) is 9.59 Å². The van der Waals surface area contributed by atoms with E-state index in [0.29, 0.717) is 6.61 Å². The van der Waals surface area contributed by atoms with Gasteiger partial charge in [0.2, 0.25) is 11.8 Å². The lowest BCUT2D eigenvalue weighted by Crippen LogP contribution is -2.38. The van der Waals surface area contributed by atoms with E-state index in [4.69, 9.17) is 9.47 Å². The van der Waals surface area contributed by atoms with Gasteiger partial charge in [-0.05, 0) is 44.9 Å². The topological polar surface area (TPSA) is 67.9 Å². The molecule has 26 heavy (non-hydrogen) atoms. The first-order valence-electron chi connectivity index (χ1n) is 9.27. The monoisotopic (exact) mass is 358 g/mol. The summed E-state index contributed by atoms with van der Waals surface area (Å²) in [6, 6.07) is 3.89. The van der Waals surface area contributed by atoms with Crippen LogP contribution in [0.3, 0.4) is 0 Å². The van der Waals surface area contributed by atoms with Crippen molar-refractivity contribution in [2.45, 2.75) is 39.2 Å². The Morgan fingerprint density at radius 3 is 2.85 bits per heavy atom. The van der Waals surface area contributed by atoms with Gasteiger partial charge in [0.1, 0.15) is 17.6 Å². The number of amides is 2. The largest absolute Gasteiger partial charge is 0.493 e. The molecule has 0 saturated carbocycles. The van der Waals surface area contributed by atoms with Crippen LogP contribution in [0.25, 0.3) is 6.08 Å². The molecule has 1 unspecified atom stereocenters. The van der Waals surface area contributed by atoms with E-state index in [1.54, 1.807) is 11.0 Å². The van der Waals surface area contributed by atoms with Crippen LogP contribution < -0.4 is 14.8 Å². The minimum atomic E-state index is -0.296. The highest BCUT2D eigenvalue weighted by atomic mass is 16.5. The van der Waals surface area contributed by atoms with Crippen molar-refractivity contribution >= 4 is 17.9 Å². The van der Waals surface area contributed by atoms with Crippen molar-refractivity contribution in [1.29, 1.82) is 0 Å². The summed E-state index contributed by atoms with van der Waals surface area (Å²) in [5.74, 6) is 1.25. The Morgan fingerprint density at radius 1 is 1.35 bits per heavy atom. The van der Waals surface area contributed by atoms with E-state index in [2.05, 4.69) is 5.32 Å². The maximum atomic E-state index is 12.0. The Morgan fingerprint density at radius 2 is 2.12 bits per heavy atom. The Labute approximate surface area is 154 Å². The van der Waals surface area contributed by atoms with Crippen molar-refractivity contribution in [2.24, 2.45) is 0 Å². The molecular formula is C20H26N2O4. The summed E-state index contributed by atoms with van der Waals surface area (Å²) in [4.78, 5) is 25.8. The van der Waals surface area contributed by atoms with Gasteiger partial charge in [0.15, 0.2) is 0 Å². The maximum Gasteiger partial charge on any atom is 0.244 e. The molecule has 1 saturated heterocycles. The van der Waals surface area contributed by atoms with Crippen LogP contribution in [0.4, 0.5) is 0 Å². The summed E-state index contributed by atoms with van der Waals surface area (Å²) in [6.45, 7) is 6.11. The molecule has 1 aromatic carbocycles. The van der Waals surface area contributed by atoms with Crippen molar-refractivity contribution in [3.63, 3.8) is 0 Å². The number of fused-ring (bicyclic) bond motifs is 1. The number of nitrogens with one attached hydrogen (secondary N) is 1. The van der Waals surface area contributed by atoms with Crippen LogP contribution in [-0.4, -0.2) is 49.1 Å². The van der Waals surface area contributed by atoms with E-state index in [1.165, 1.54) is 6.08 Å². The van der Waals surface area contributed by atoms with Crippen molar-refractivity contribution in [1.82, 2.24) is 10.2 Å². The first-order chi connectivity index (χ1) is 12.6. The Hall–Kier alpha value is -2.50. The zero-order chi connectivity index (χ0) is 18.5. The van der Waals surface area contributed by atoms with E-state index >= 15 is 0 Å². The molecule has 1 aromatic rings. The molecule has 6 heteroatoms. The second-order valence-corrected chi connectivity index (χ2v) is 6.70. The highest BCUT2D eigenvalue weighted by Crippen LogP contribution is 2.35. The number of hydrogen-bond donors (Lipinski definition) is 1. The number of carbonyl (C=O) groups is 2. The lowest BCUT2D eigenvalue weighted by atomic mass is 10.1. The molecule has 140 valence electrons. The lowest BCUT2D eigenvalue weighted by molar-refractivity contribution is -0.131. The molecule has 3 rings (SSSR count). The molecule has 0 radical (unpaired) electrons. The summed E-state index contributed by atoms with van der Waals surface area (Å²) < 4.78 is 11.5. The third-order valence-electron chi connectivity index (χ3n) is 4.62. The number of benzene rings is 1. The summed E-state index contributed by atoms with van der Waals surface area (Å²) in [7, 11) is 0. The fourth-order valence-corrected chi connectivity index (χ4v) is 3.33. The average Bonchev–Trinajstić information content (AvgIpc) is 3.26. The Balaban J connectivity index is 1.62. The number of ether oxygens (including phenoxy) is 2. The number of likely N-dealkylation sites (tertiary alicyclic amines) is 1. The third-order valence-corrected chi connectivity index (χ3v) is 4.62. The minimum Gasteiger partial charge on any atom is -0.493 e. The molecule has 6 nitrogen and oxygen atoms in total. The summed E-state index contributed by atoms with van der Waals surface area (Å²) in [5.41, 5.74) is 1.92. The van der Waals surface area contributed by atoms with Gasteiger partial charge in [-0.3, -0.25) is 9.59 Å².